The van der Waals surface area contributed by atoms with E-state index in [0.29, 0.717) is 72.6 Å². The topological polar surface area (TPSA) is 191 Å². The van der Waals surface area contributed by atoms with Crippen molar-refractivity contribution in [2.24, 2.45) is 0 Å². The lowest BCUT2D eigenvalue weighted by Gasteiger charge is -2.49. The van der Waals surface area contributed by atoms with Gasteiger partial charge in [-0.25, -0.2) is 23.7 Å². The van der Waals surface area contributed by atoms with Crippen LogP contribution in [0.4, 0.5) is 26.4 Å². The SMILES string of the molecule is CC(C)(C)OC(=O)N1[C@H]2COC[C@H]1CN(c1ccc(-c3nc(-c4cnn(C5CCC(N6CCN(c7ccc(NC8CCC(=O)NC8=O)cc7F)CC6)CC5)c4)cn4ncc(C#N)c34)cn1)C2. The highest BCUT2D eigenvalue weighted by Crippen LogP contribution is 2.35. The third kappa shape index (κ3) is 8.74. The molecule has 66 heavy (non-hydrogen) atoms. The van der Waals surface area contributed by atoms with E-state index in [1.807, 2.05) is 50.2 Å². The Bertz CT molecular complexity index is 2660. The van der Waals surface area contributed by atoms with Crippen molar-refractivity contribution in [1.82, 2.24) is 44.5 Å². The number of hydrogen-bond acceptors (Lipinski definition) is 14. The number of fused-ring (bicyclic) bond motifs is 3. The van der Waals surface area contributed by atoms with Crippen LogP contribution in [0.3, 0.4) is 0 Å². The summed E-state index contributed by atoms with van der Waals surface area (Å²) in [5.41, 5.74) is 4.35. The molecule has 4 aliphatic heterocycles. The number of pyridine rings is 1. The first-order chi connectivity index (χ1) is 31.9. The quantitative estimate of drug-likeness (QED) is 0.198. The number of carbonyl (C=O) groups excluding carboxylic acids is 3. The van der Waals surface area contributed by atoms with Gasteiger partial charge in [0, 0.05) is 80.9 Å². The van der Waals surface area contributed by atoms with Gasteiger partial charge in [-0.15, -0.1) is 0 Å². The Morgan fingerprint density at radius 2 is 1.65 bits per heavy atom. The predicted molar refractivity (Wildman–Crippen MR) is 242 cm³/mol. The van der Waals surface area contributed by atoms with E-state index in [1.165, 1.54) is 6.07 Å². The average Bonchev–Trinajstić information content (AvgIpc) is 3.97. The van der Waals surface area contributed by atoms with E-state index in [0.717, 1.165) is 68.8 Å². The number of piperidine rings is 1. The van der Waals surface area contributed by atoms with Crippen LogP contribution >= 0.6 is 0 Å². The minimum absolute atomic E-state index is 0.167. The van der Waals surface area contributed by atoms with Crippen molar-refractivity contribution in [1.29, 1.82) is 5.26 Å². The number of ether oxygens (including phenoxy) is 2. The summed E-state index contributed by atoms with van der Waals surface area (Å²) in [6.07, 6.45) is 13.4. The summed E-state index contributed by atoms with van der Waals surface area (Å²) >= 11 is 0. The van der Waals surface area contributed by atoms with Crippen LogP contribution in [0.15, 0.2) is 61.3 Å². The molecule has 10 rings (SSSR count). The van der Waals surface area contributed by atoms with E-state index in [-0.39, 0.29) is 48.3 Å². The lowest BCUT2D eigenvalue weighted by molar-refractivity contribution is -0.133. The highest BCUT2D eigenvalue weighted by molar-refractivity contribution is 6.01. The highest BCUT2D eigenvalue weighted by atomic mass is 19.1. The smallest absolute Gasteiger partial charge is 0.411 e. The Labute approximate surface area is 381 Å². The van der Waals surface area contributed by atoms with Gasteiger partial charge in [-0.2, -0.15) is 15.5 Å². The van der Waals surface area contributed by atoms with Crippen molar-refractivity contribution in [3.05, 3.63) is 72.7 Å². The van der Waals surface area contributed by atoms with Crippen molar-refractivity contribution in [2.45, 2.75) is 95.1 Å². The van der Waals surface area contributed by atoms with Gasteiger partial charge in [0.25, 0.3) is 0 Å². The van der Waals surface area contributed by atoms with Crippen molar-refractivity contribution >= 4 is 40.6 Å². The maximum absolute atomic E-state index is 15.4. The van der Waals surface area contributed by atoms with Crippen molar-refractivity contribution in [3.63, 3.8) is 0 Å². The first-order valence-corrected chi connectivity index (χ1v) is 22.9. The first-order valence-electron chi connectivity index (χ1n) is 22.9. The van der Waals surface area contributed by atoms with Crippen LogP contribution < -0.4 is 20.4 Å². The number of imide groups is 1. The normalized spacial score (nSPS) is 24.0. The van der Waals surface area contributed by atoms with E-state index in [1.54, 1.807) is 29.0 Å². The van der Waals surface area contributed by atoms with Gasteiger partial charge < -0.3 is 24.6 Å². The molecule has 2 bridgehead atoms. The van der Waals surface area contributed by atoms with E-state index < -0.39 is 11.6 Å². The number of amides is 3. The lowest BCUT2D eigenvalue weighted by Crippen LogP contribution is -2.66. The van der Waals surface area contributed by atoms with E-state index in [9.17, 15) is 19.6 Å². The second-order valence-corrected chi connectivity index (χ2v) is 19.0. The zero-order chi connectivity index (χ0) is 45.7. The standard InChI is InChI=1S/C47H54FN13O5/c1-47(2,3)66-46(64)61-35-24-58(25-36(61)28-65-27-35)41-12-4-29(20-50-41)43-44-30(19-49)21-52-60(44)26-39(54-43)31-22-51-59(23-31)34-8-6-33(7-9-34)56-14-16-57(17-15-56)40-11-5-32(18-37(40)48)53-38-10-13-42(62)55-45(38)63/h4-5,11-12,18,20-23,26,33-36,38,53H,6-10,13-17,24-25,27-28H2,1-3H3,(H,55,62,63)/t33?,34?,35-,36-,38?/m1/s1. The second-order valence-electron chi connectivity index (χ2n) is 19.0. The maximum Gasteiger partial charge on any atom is 0.411 e. The molecular formula is C47H54FN13O5. The number of benzene rings is 1. The maximum atomic E-state index is 15.4. The van der Waals surface area contributed by atoms with Crippen LogP contribution in [0, 0.1) is 17.1 Å². The number of hydrogen-bond donors (Lipinski definition) is 2. The van der Waals surface area contributed by atoms with E-state index >= 15 is 4.39 Å². The third-order valence-electron chi connectivity index (χ3n) is 13.5. The molecule has 5 fully saturated rings. The van der Waals surface area contributed by atoms with Gasteiger partial charge in [-0.05, 0) is 83.2 Å². The number of piperazine rings is 2. The predicted octanol–water partition coefficient (Wildman–Crippen LogP) is 5.01. The van der Waals surface area contributed by atoms with Gasteiger partial charge in [0.2, 0.25) is 11.8 Å². The molecule has 3 atom stereocenters. The van der Waals surface area contributed by atoms with Crippen LogP contribution in [0.5, 0.6) is 0 Å². The molecule has 4 saturated heterocycles. The number of nitrogens with one attached hydrogen (secondary N) is 2. The minimum Gasteiger partial charge on any atom is -0.444 e. The average molecular weight is 900 g/mol. The number of halogens is 1. The highest BCUT2D eigenvalue weighted by Gasteiger charge is 2.43. The van der Waals surface area contributed by atoms with E-state index in [2.05, 4.69) is 47.4 Å². The number of rotatable bonds is 8. The Kier molecular flexibility index (Phi) is 11.6. The number of nitriles is 1. The number of anilines is 3. The summed E-state index contributed by atoms with van der Waals surface area (Å²) in [5.74, 6) is -0.229. The van der Waals surface area contributed by atoms with Gasteiger partial charge in [0.1, 0.15) is 40.4 Å². The monoisotopic (exact) mass is 899 g/mol. The fourth-order valence-corrected chi connectivity index (χ4v) is 10.2. The summed E-state index contributed by atoms with van der Waals surface area (Å²) < 4.78 is 30.7. The molecule has 0 radical (unpaired) electrons. The van der Waals surface area contributed by atoms with Gasteiger partial charge in [-0.3, -0.25) is 29.4 Å². The molecule has 4 aromatic heterocycles. The summed E-state index contributed by atoms with van der Waals surface area (Å²) in [5, 5.41) is 24.8. The van der Waals surface area contributed by atoms with Gasteiger partial charge >= 0.3 is 6.09 Å². The van der Waals surface area contributed by atoms with Crippen LogP contribution in [-0.4, -0.2) is 139 Å². The summed E-state index contributed by atoms with van der Waals surface area (Å²) in [6.45, 7) is 10.7. The van der Waals surface area contributed by atoms with Crippen molar-refractivity contribution < 1.29 is 28.2 Å². The summed E-state index contributed by atoms with van der Waals surface area (Å²) in [7, 11) is 0. The minimum atomic E-state index is -0.592. The molecule has 2 N–H and O–H groups in total. The molecule has 5 aliphatic rings. The fourth-order valence-electron chi connectivity index (χ4n) is 10.2. The van der Waals surface area contributed by atoms with Gasteiger partial charge in [0.05, 0.1) is 67.0 Å². The van der Waals surface area contributed by atoms with E-state index in [4.69, 9.17) is 24.5 Å². The van der Waals surface area contributed by atoms with Crippen molar-refractivity contribution in [3.8, 4) is 28.6 Å². The molecule has 1 aromatic carbocycles. The zero-order valence-electron chi connectivity index (χ0n) is 37.4. The summed E-state index contributed by atoms with van der Waals surface area (Å²) in [6, 6.07) is 11.0. The van der Waals surface area contributed by atoms with Crippen LogP contribution in [0.2, 0.25) is 0 Å². The summed E-state index contributed by atoms with van der Waals surface area (Å²) in [4.78, 5) is 55.4. The van der Waals surface area contributed by atoms with Crippen LogP contribution in [0.1, 0.15) is 70.9 Å². The first kappa shape index (κ1) is 43.3. The molecule has 0 spiro atoms. The number of morpholine rings is 1. The molecule has 18 nitrogen and oxygen atoms in total. The molecule has 19 heteroatoms. The Hall–Kier alpha value is -6.65. The molecule has 5 aromatic rings. The number of nitrogens with zero attached hydrogens (tertiary/aromatic N) is 11. The lowest BCUT2D eigenvalue weighted by atomic mass is 9.90. The van der Waals surface area contributed by atoms with Gasteiger partial charge in [-0.1, -0.05) is 0 Å². The number of carbonyl (C=O) groups is 3. The molecule has 1 aliphatic carbocycles. The Balaban J connectivity index is 0.769. The molecule has 3 amide bonds. The largest absolute Gasteiger partial charge is 0.444 e. The number of aromatic nitrogens is 6. The fraction of sp³-hybridized carbons (Fsp3) is 0.489. The van der Waals surface area contributed by atoms with Gasteiger partial charge in [0.15, 0.2) is 0 Å². The molecular weight excluding hydrogens is 846 g/mol. The van der Waals surface area contributed by atoms with Crippen LogP contribution in [-0.2, 0) is 19.1 Å². The Morgan fingerprint density at radius 1 is 0.894 bits per heavy atom. The Morgan fingerprint density at radius 3 is 2.33 bits per heavy atom. The zero-order valence-corrected chi connectivity index (χ0v) is 37.4. The molecule has 8 heterocycles. The van der Waals surface area contributed by atoms with Crippen molar-refractivity contribution in [2.75, 3.05) is 67.6 Å². The molecule has 1 unspecified atom stereocenters. The second kappa shape index (κ2) is 17.6. The van der Waals surface area contributed by atoms with Crippen LogP contribution in [0.25, 0.3) is 28.0 Å². The third-order valence-corrected chi connectivity index (χ3v) is 13.5. The molecule has 344 valence electrons. The molecule has 1 saturated carbocycles.